The van der Waals surface area contributed by atoms with Gasteiger partial charge in [-0.2, -0.15) is 0 Å². The van der Waals surface area contributed by atoms with Gasteiger partial charge in [-0.3, -0.25) is 4.79 Å². The number of hydrogen-bond acceptors (Lipinski definition) is 4. The van der Waals surface area contributed by atoms with E-state index in [1.807, 2.05) is 6.07 Å². The lowest BCUT2D eigenvalue weighted by Gasteiger charge is -2.20. The minimum atomic E-state index is -0.219. The first kappa shape index (κ1) is 21.1. The quantitative estimate of drug-likeness (QED) is 0.159. The van der Waals surface area contributed by atoms with Crippen LogP contribution in [0.25, 0.3) is 0 Å². The zero-order valence-corrected chi connectivity index (χ0v) is 17.6. The lowest BCUT2D eigenvalue weighted by Crippen LogP contribution is -2.18. The van der Waals surface area contributed by atoms with E-state index in [1.54, 1.807) is 11.3 Å². The molecule has 1 aromatic rings. The first-order valence-corrected chi connectivity index (χ1v) is 11.4. The molecule has 3 nitrogen and oxygen atoms in total. The van der Waals surface area contributed by atoms with Gasteiger partial charge in [0.2, 0.25) is 0 Å². The molecule has 0 saturated heterocycles. The predicted octanol–water partition coefficient (Wildman–Crippen LogP) is 4.79. The average Bonchev–Trinajstić information content (AvgIpc) is 3.16. The summed E-state index contributed by atoms with van der Waals surface area (Å²) in [6.07, 6.45) is 13.4. The van der Waals surface area contributed by atoms with Crippen LogP contribution in [0.4, 0.5) is 0 Å². The monoisotopic (exact) mass is 476 g/mol. The minimum absolute atomic E-state index is 0.219. The predicted molar refractivity (Wildman–Crippen MR) is 113 cm³/mol. The van der Waals surface area contributed by atoms with Gasteiger partial charge in [-0.25, -0.2) is 0 Å². The number of aliphatic hydroxyl groups is 2. The van der Waals surface area contributed by atoms with Gasteiger partial charge in [0.1, 0.15) is 0 Å². The molecule has 0 amide bonds. The zero-order valence-electron chi connectivity index (χ0n) is 14.6. The minimum Gasteiger partial charge on any atom is -0.396 e. The molecule has 0 aliphatic heterocycles. The van der Waals surface area contributed by atoms with Crippen LogP contribution in [0.3, 0.4) is 0 Å². The number of hydrogen-bond donors (Lipinski definition) is 2. The molecule has 0 bridgehead atoms. The van der Waals surface area contributed by atoms with Crippen molar-refractivity contribution in [3.8, 4) is 0 Å². The summed E-state index contributed by atoms with van der Waals surface area (Å²) in [5, 5.41) is 19.2. The Balaban J connectivity index is 1.79. The van der Waals surface area contributed by atoms with E-state index in [0.29, 0.717) is 9.84 Å². The standard InChI is InChI=1S/C20H29IO3S/c21-19-13-20(24)18(8-4-2-1-3-5-12-22)17(19)9-6-7-15-10-11-16(14-23)25-15/h4,8,10-11,14,17-20,22,24H,1-3,5-7,9,12-13H2/t17-,18?,19?,20-/m1/s1. The molecule has 0 radical (unpaired) electrons. The van der Waals surface area contributed by atoms with Crippen molar-refractivity contribution in [2.45, 2.75) is 61.4 Å². The Morgan fingerprint density at radius 1 is 1.24 bits per heavy atom. The first-order chi connectivity index (χ1) is 12.2. The molecule has 1 saturated carbocycles. The van der Waals surface area contributed by atoms with Crippen molar-refractivity contribution >= 4 is 40.2 Å². The number of halogens is 1. The van der Waals surface area contributed by atoms with Gasteiger partial charge in [0, 0.05) is 21.3 Å². The van der Waals surface area contributed by atoms with Crippen LogP contribution in [-0.2, 0) is 6.42 Å². The summed E-state index contributed by atoms with van der Waals surface area (Å²) in [6, 6.07) is 3.96. The second kappa shape index (κ2) is 11.5. The van der Waals surface area contributed by atoms with Gasteiger partial charge in [0.15, 0.2) is 6.29 Å². The van der Waals surface area contributed by atoms with Crippen LogP contribution in [-0.4, -0.2) is 33.1 Å². The van der Waals surface area contributed by atoms with Crippen LogP contribution < -0.4 is 0 Å². The summed E-state index contributed by atoms with van der Waals surface area (Å²) in [4.78, 5) is 12.9. The number of allylic oxidation sites excluding steroid dienone is 1. The van der Waals surface area contributed by atoms with Crippen LogP contribution in [0.1, 0.15) is 59.5 Å². The third-order valence-corrected chi connectivity index (χ3v) is 7.52. The summed E-state index contributed by atoms with van der Waals surface area (Å²) in [5.74, 6) is 0.809. The molecule has 1 aliphatic rings. The molecule has 1 aliphatic carbocycles. The average molecular weight is 476 g/mol. The number of aryl methyl sites for hydroxylation is 1. The van der Waals surface area contributed by atoms with Crippen molar-refractivity contribution in [2.24, 2.45) is 11.8 Å². The fourth-order valence-corrected chi connectivity index (χ4v) is 5.87. The summed E-state index contributed by atoms with van der Waals surface area (Å²) in [6.45, 7) is 0.280. The number of carbonyl (C=O) groups is 1. The summed E-state index contributed by atoms with van der Waals surface area (Å²) in [5.41, 5.74) is 0. The van der Waals surface area contributed by atoms with Crippen molar-refractivity contribution in [3.05, 3.63) is 34.0 Å². The largest absolute Gasteiger partial charge is 0.396 e. The van der Waals surface area contributed by atoms with E-state index in [2.05, 4.69) is 40.8 Å². The normalized spacial score (nSPS) is 26.5. The molecule has 0 aromatic carbocycles. The molecule has 2 unspecified atom stereocenters. The number of alkyl halides is 1. The molecule has 0 spiro atoms. The van der Waals surface area contributed by atoms with E-state index in [9.17, 15) is 9.90 Å². The van der Waals surface area contributed by atoms with E-state index in [-0.39, 0.29) is 18.6 Å². The van der Waals surface area contributed by atoms with Gasteiger partial charge in [-0.1, -0.05) is 41.2 Å². The number of aldehydes is 1. The van der Waals surface area contributed by atoms with E-state index in [4.69, 9.17) is 5.11 Å². The maximum atomic E-state index is 10.8. The molecule has 5 heteroatoms. The highest BCUT2D eigenvalue weighted by molar-refractivity contribution is 14.1. The maximum Gasteiger partial charge on any atom is 0.160 e. The van der Waals surface area contributed by atoms with Crippen molar-refractivity contribution in [1.82, 2.24) is 0 Å². The van der Waals surface area contributed by atoms with Crippen molar-refractivity contribution in [3.63, 3.8) is 0 Å². The molecule has 1 fully saturated rings. The van der Waals surface area contributed by atoms with Crippen LogP contribution in [0.5, 0.6) is 0 Å². The van der Waals surface area contributed by atoms with Crippen molar-refractivity contribution in [2.75, 3.05) is 6.61 Å². The van der Waals surface area contributed by atoms with E-state index in [1.165, 1.54) is 4.88 Å². The van der Waals surface area contributed by atoms with Gasteiger partial charge < -0.3 is 10.2 Å². The Bertz CT molecular complexity index is 543. The lowest BCUT2D eigenvalue weighted by molar-refractivity contribution is 0.112. The van der Waals surface area contributed by atoms with Gasteiger partial charge in [-0.15, -0.1) is 11.3 Å². The molecule has 1 heterocycles. The molecule has 4 atom stereocenters. The van der Waals surface area contributed by atoms with Crippen LogP contribution in [0.2, 0.25) is 0 Å². The molecule has 2 rings (SSSR count). The van der Waals surface area contributed by atoms with E-state index in [0.717, 1.165) is 62.5 Å². The summed E-state index contributed by atoms with van der Waals surface area (Å²) in [7, 11) is 0. The zero-order chi connectivity index (χ0) is 18.1. The third kappa shape index (κ3) is 6.77. The molecular weight excluding hydrogens is 447 g/mol. The fraction of sp³-hybridized carbons (Fsp3) is 0.650. The summed E-state index contributed by atoms with van der Waals surface area (Å²) >= 11 is 4.09. The third-order valence-electron chi connectivity index (χ3n) is 5.02. The first-order valence-electron chi connectivity index (χ1n) is 9.29. The van der Waals surface area contributed by atoms with E-state index < -0.39 is 0 Å². The summed E-state index contributed by atoms with van der Waals surface area (Å²) < 4.78 is 0.533. The van der Waals surface area contributed by atoms with Gasteiger partial charge in [0.05, 0.1) is 11.0 Å². The number of aliphatic hydroxyl groups excluding tert-OH is 2. The second-order valence-corrected chi connectivity index (χ2v) is 9.68. The Kier molecular flexibility index (Phi) is 9.66. The Morgan fingerprint density at radius 2 is 2.08 bits per heavy atom. The van der Waals surface area contributed by atoms with Crippen LogP contribution >= 0.6 is 33.9 Å². The molecule has 140 valence electrons. The molecule has 25 heavy (non-hydrogen) atoms. The highest BCUT2D eigenvalue weighted by atomic mass is 127. The SMILES string of the molecule is O=Cc1ccc(CCC[C@H]2C(I)C[C@@H](O)C2C=CCCCCCO)s1. The number of thiophene rings is 1. The topological polar surface area (TPSA) is 57.5 Å². The second-order valence-electron chi connectivity index (χ2n) is 6.88. The Labute approximate surface area is 168 Å². The molecular formula is C20H29IO3S. The van der Waals surface area contributed by atoms with Crippen LogP contribution in [0.15, 0.2) is 24.3 Å². The van der Waals surface area contributed by atoms with Gasteiger partial charge in [-0.05, 0) is 63.0 Å². The highest BCUT2D eigenvalue weighted by Crippen LogP contribution is 2.41. The number of carbonyl (C=O) groups excluding carboxylic acids is 1. The Morgan fingerprint density at radius 3 is 2.80 bits per heavy atom. The van der Waals surface area contributed by atoms with Crippen molar-refractivity contribution < 1.29 is 15.0 Å². The lowest BCUT2D eigenvalue weighted by atomic mass is 9.89. The van der Waals surface area contributed by atoms with Gasteiger partial charge in [0.25, 0.3) is 0 Å². The Hall–Kier alpha value is -0.240. The molecule has 2 N–H and O–H groups in total. The highest BCUT2D eigenvalue weighted by Gasteiger charge is 2.39. The molecule has 1 aromatic heterocycles. The van der Waals surface area contributed by atoms with Gasteiger partial charge >= 0.3 is 0 Å². The number of rotatable bonds is 11. The smallest absolute Gasteiger partial charge is 0.160 e. The fourth-order valence-electron chi connectivity index (χ4n) is 3.64. The number of unbranched alkanes of at least 4 members (excludes halogenated alkanes) is 3. The maximum absolute atomic E-state index is 10.8. The van der Waals surface area contributed by atoms with E-state index >= 15 is 0 Å². The van der Waals surface area contributed by atoms with Crippen molar-refractivity contribution in [1.29, 1.82) is 0 Å². The van der Waals surface area contributed by atoms with Crippen LogP contribution in [0, 0.1) is 11.8 Å².